The van der Waals surface area contributed by atoms with Gasteiger partial charge in [0, 0.05) is 32.4 Å². The molecular formula is C18H23N5O2. The second kappa shape index (κ2) is 7.83. The van der Waals surface area contributed by atoms with Crippen molar-refractivity contribution < 1.29 is 9.59 Å². The van der Waals surface area contributed by atoms with E-state index in [1.807, 2.05) is 30.3 Å². The average Bonchev–Trinajstić information content (AvgIpc) is 3.33. The molecule has 2 heterocycles. The summed E-state index contributed by atoms with van der Waals surface area (Å²) in [6, 6.07) is 8.96. The van der Waals surface area contributed by atoms with E-state index in [4.69, 9.17) is 0 Å². The molecule has 0 unspecified atom stereocenters. The van der Waals surface area contributed by atoms with Crippen molar-refractivity contribution in [2.24, 2.45) is 0 Å². The number of aromatic amines is 1. The maximum atomic E-state index is 12.8. The highest BCUT2D eigenvalue weighted by atomic mass is 16.2. The lowest BCUT2D eigenvalue weighted by Crippen LogP contribution is -2.49. The summed E-state index contributed by atoms with van der Waals surface area (Å²) in [4.78, 5) is 33.7. The van der Waals surface area contributed by atoms with Gasteiger partial charge in [-0.15, -0.1) is 0 Å². The van der Waals surface area contributed by atoms with Crippen LogP contribution in [0, 0.1) is 0 Å². The molecule has 0 aliphatic carbocycles. The van der Waals surface area contributed by atoms with Crippen molar-refractivity contribution in [1.82, 2.24) is 25.5 Å². The number of aromatic nitrogens is 2. The molecule has 2 atom stereocenters. The van der Waals surface area contributed by atoms with Crippen LogP contribution >= 0.6 is 0 Å². The molecule has 1 aromatic heterocycles. The van der Waals surface area contributed by atoms with Crippen molar-refractivity contribution in [2.75, 3.05) is 13.6 Å². The standard InChI is InChI=1S/C18H23N5O2/c1-19-17(24)15-8-5-11-23(15)18(25)22-14(12-16-20-9-10-21-16)13-6-3-2-4-7-13/h2-4,6-7,9-10,14-15H,5,8,11-12H2,1H3,(H,19,24)(H,20,21)(H,22,25)/t14-,15-/m0/s1. The minimum Gasteiger partial charge on any atom is -0.357 e. The summed E-state index contributed by atoms with van der Waals surface area (Å²) in [7, 11) is 1.60. The molecule has 0 radical (unpaired) electrons. The van der Waals surface area contributed by atoms with Crippen molar-refractivity contribution in [3.63, 3.8) is 0 Å². The SMILES string of the molecule is CNC(=O)[C@@H]1CCCN1C(=O)N[C@@H](Cc1ncc[nH]1)c1ccccc1. The van der Waals surface area contributed by atoms with Gasteiger partial charge in [0.25, 0.3) is 0 Å². The van der Waals surface area contributed by atoms with Gasteiger partial charge in [-0.05, 0) is 18.4 Å². The highest BCUT2D eigenvalue weighted by molar-refractivity contribution is 5.87. The van der Waals surface area contributed by atoms with Crippen molar-refractivity contribution in [3.05, 3.63) is 54.1 Å². The number of carbonyl (C=O) groups is 2. The molecule has 0 bridgehead atoms. The van der Waals surface area contributed by atoms with Gasteiger partial charge in [0.05, 0.1) is 6.04 Å². The second-order valence-corrected chi connectivity index (χ2v) is 6.12. The summed E-state index contributed by atoms with van der Waals surface area (Å²) in [5.41, 5.74) is 1.00. The molecule has 7 heteroatoms. The summed E-state index contributed by atoms with van der Waals surface area (Å²) in [6.45, 7) is 0.589. The number of hydrogen-bond acceptors (Lipinski definition) is 3. The Balaban J connectivity index is 1.75. The molecule has 1 aromatic carbocycles. The molecule has 2 aromatic rings. The summed E-state index contributed by atoms with van der Waals surface area (Å²) >= 11 is 0. The van der Waals surface area contributed by atoms with E-state index in [2.05, 4.69) is 20.6 Å². The molecule has 0 saturated carbocycles. The van der Waals surface area contributed by atoms with E-state index in [9.17, 15) is 9.59 Å². The van der Waals surface area contributed by atoms with Crippen LogP contribution in [-0.4, -0.2) is 46.4 Å². The van der Waals surface area contributed by atoms with Gasteiger partial charge < -0.3 is 20.5 Å². The fourth-order valence-electron chi connectivity index (χ4n) is 3.22. The first-order valence-electron chi connectivity index (χ1n) is 8.51. The van der Waals surface area contributed by atoms with Crippen LogP contribution in [0.2, 0.25) is 0 Å². The molecule has 1 aliphatic rings. The lowest BCUT2D eigenvalue weighted by molar-refractivity contribution is -0.124. The number of hydrogen-bond donors (Lipinski definition) is 3. The minimum atomic E-state index is -0.398. The number of amides is 3. The lowest BCUT2D eigenvalue weighted by atomic mass is 10.0. The molecule has 132 valence electrons. The molecule has 25 heavy (non-hydrogen) atoms. The number of imidazole rings is 1. The molecule has 3 amide bonds. The van der Waals surface area contributed by atoms with Gasteiger partial charge in [-0.25, -0.2) is 9.78 Å². The minimum absolute atomic E-state index is 0.116. The van der Waals surface area contributed by atoms with Gasteiger partial charge in [0.2, 0.25) is 5.91 Å². The van der Waals surface area contributed by atoms with Crippen molar-refractivity contribution >= 4 is 11.9 Å². The molecule has 7 nitrogen and oxygen atoms in total. The summed E-state index contributed by atoms with van der Waals surface area (Å²) in [5, 5.41) is 5.71. The number of rotatable bonds is 5. The van der Waals surface area contributed by atoms with Crippen LogP contribution < -0.4 is 10.6 Å². The molecule has 1 saturated heterocycles. The van der Waals surface area contributed by atoms with Gasteiger partial charge in [-0.1, -0.05) is 30.3 Å². The largest absolute Gasteiger partial charge is 0.357 e. The number of nitrogens with one attached hydrogen (secondary N) is 3. The summed E-state index contributed by atoms with van der Waals surface area (Å²) in [5.74, 6) is 0.688. The number of H-pyrrole nitrogens is 1. The van der Waals surface area contributed by atoms with E-state index >= 15 is 0 Å². The number of nitrogens with zero attached hydrogens (tertiary/aromatic N) is 2. The van der Waals surface area contributed by atoms with Crippen LogP contribution in [0.5, 0.6) is 0 Å². The van der Waals surface area contributed by atoms with Crippen molar-refractivity contribution in [1.29, 1.82) is 0 Å². The van der Waals surface area contributed by atoms with E-state index in [-0.39, 0.29) is 18.0 Å². The Hall–Kier alpha value is -2.83. The monoisotopic (exact) mass is 341 g/mol. The fraction of sp³-hybridized carbons (Fsp3) is 0.389. The van der Waals surface area contributed by atoms with Gasteiger partial charge >= 0.3 is 6.03 Å². The molecule has 0 spiro atoms. The maximum Gasteiger partial charge on any atom is 0.318 e. The van der Waals surface area contributed by atoms with Gasteiger partial charge in [-0.2, -0.15) is 0 Å². The van der Waals surface area contributed by atoms with E-state index in [0.29, 0.717) is 19.4 Å². The van der Waals surface area contributed by atoms with E-state index in [0.717, 1.165) is 17.8 Å². The first kappa shape index (κ1) is 17.0. The molecular weight excluding hydrogens is 318 g/mol. The predicted molar refractivity (Wildman–Crippen MR) is 93.8 cm³/mol. The molecule has 3 N–H and O–H groups in total. The smallest absolute Gasteiger partial charge is 0.318 e. The van der Waals surface area contributed by atoms with Gasteiger partial charge in [0.1, 0.15) is 11.9 Å². The van der Waals surface area contributed by atoms with Crippen LogP contribution in [0.4, 0.5) is 4.79 Å². The molecule has 1 fully saturated rings. The zero-order chi connectivity index (χ0) is 17.6. The van der Waals surface area contributed by atoms with E-state index in [1.165, 1.54) is 0 Å². The number of benzene rings is 1. The van der Waals surface area contributed by atoms with Crippen LogP contribution in [-0.2, 0) is 11.2 Å². The number of carbonyl (C=O) groups excluding carboxylic acids is 2. The van der Waals surface area contributed by atoms with E-state index < -0.39 is 6.04 Å². The third-order valence-corrected chi connectivity index (χ3v) is 4.51. The Labute approximate surface area is 146 Å². The zero-order valence-corrected chi connectivity index (χ0v) is 14.2. The molecule has 1 aliphatic heterocycles. The Morgan fingerprint density at radius 2 is 2.16 bits per heavy atom. The van der Waals surface area contributed by atoms with Crippen LogP contribution in [0.15, 0.2) is 42.7 Å². The van der Waals surface area contributed by atoms with Crippen LogP contribution in [0.1, 0.15) is 30.3 Å². The number of likely N-dealkylation sites (N-methyl/N-ethyl adjacent to an activating group) is 1. The number of likely N-dealkylation sites (tertiary alicyclic amines) is 1. The van der Waals surface area contributed by atoms with Gasteiger partial charge in [0.15, 0.2) is 0 Å². The average molecular weight is 341 g/mol. The highest BCUT2D eigenvalue weighted by Gasteiger charge is 2.34. The molecule has 3 rings (SSSR count). The van der Waals surface area contributed by atoms with Crippen molar-refractivity contribution in [3.8, 4) is 0 Å². The quantitative estimate of drug-likeness (QED) is 0.772. The van der Waals surface area contributed by atoms with E-state index in [1.54, 1.807) is 24.3 Å². The summed E-state index contributed by atoms with van der Waals surface area (Å²) in [6.07, 6.45) is 5.55. The second-order valence-electron chi connectivity index (χ2n) is 6.12. The fourth-order valence-corrected chi connectivity index (χ4v) is 3.22. The third kappa shape index (κ3) is 3.99. The highest BCUT2D eigenvalue weighted by Crippen LogP contribution is 2.21. The van der Waals surface area contributed by atoms with Gasteiger partial charge in [-0.3, -0.25) is 4.79 Å². The van der Waals surface area contributed by atoms with Crippen LogP contribution in [0.25, 0.3) is 0 Å². The Morgan fingerprint density at radius 1 is 1.36 bits per heavy atom. The topological polar surface area (TPSA) is 90.1 Å². The first-order chi connectivity index (χ1) is 12.2. The Bertz CT molecular complexity index is 702. The Morgan fingerprint density at radius 3 is 2.84 bits per heavy atom. The zero-order valence-electron chi connectivity index (χ0n) is 14.2. The normalized spacial score (nSPS) is 18.0. The maximum absolute atomic E-state index is 12.8. The van der Waals surface area contributed by atoms with Crippen LogP contribution in [0.3, 0.4) is 0 Å². The first-order valence-corrected chi connectivity index (χ1v) is 8.51. The van der Waals surface area contributed by atoms with Crippen molar-refractivity contribution in [2.45, 2.75) is 31.3 Å². The number of urea groups is 1. The predicted octanol–water partition coefficient (Wildman–Crippen LogP) is 1.61. The lowest BCUT2D eigenvalue weighted by Gasteiger charge is -2.27. The third-order valence-electron chi connectivity index (χ3n) is 4.51. The Kier molecular flexibility index (Phi) is 5.33. The summed E-state index contributed by atoms with van der Waals surface area (Å²) < 4.78 is 0.